The predicted molar refractivity (Wildman–Crippen MR) is 142 cm³/mol. The number of nitrogens with one attached hydrogen (secondary N) is 2. The molecule has 0 radical (unpaired) electrons. The Labute approximate surface area is 212 Å². The molecule has 2 aromatic carbocycles. The second kappa shape index (κ2) is 11.2. The number of carbonyl (C=O) groups is 1. The molecule has 186 valence electrons. The third-order valence-corrected chi connectivity index (χ3v) is 6.86. The molecule has 1 fully saturated rings. The zero-order valence-corrected chi connectivity index (χ0v) is 21.0. The fraction of sp³-hybridized carbons (Fsp3) is 0.357. The number of rotatable bonds is 8. The van der Waals surface area contributed by atoms with Crippen molar-refractivity contribution < 1.29 is 9.53 Å². The lowest BCUT2D eigenvalue weighted by Crippen LogP contribution is -2.41. The van der Waals surface area contributed by atoms with Gasteiger partial charge in [0.1, 0.15) is 5.75 Å². The van der Waals surface area contributed by atoms with Gasteiger partial charge in [-0.15, -0.1) is 0 Å². The molecule has 2 heterocycles. The first kappa shape index (κ1) is 25.1. The Morgan fingerprint density at radius 2 is 2.11 bits per heavy atom. The normalized spacial score (nSPS) is 17.8. The Balaban J connectivity index is 1.56. The van der Waals surface area contributed by atoms with Gasteiger partial charge in [-0.3, -0.25) is 4.79 Å². The first-order valence-corrected chi connectivity index (χ1v) is 12.1. The van der Waals surface area contributed by atoms with E-state index in [-0.39, 0.29) is 11.7 Å². The number of hydrogen-bond donors (Lipinski definition) is 2. The van der Waals surface area contributed by atoms with Crippen LogP contribution < -0.4 is 15.4 Å². The third-order valence-electron chi connectivity index (χ3n) is 6.86. The number of likely N-dealkylation sites (tertiary alicyclic amines) is 1. The van der Waals surface area contributed by atoms with Crippen LogP contribution in [0.1, 0.15) is 30.4 Å². The summed E-state index contributed by atoms with van der Waals surface area (Å²) in [7, 11) is 3.75. The predicted octanol–water partition coefficient (Wildman–Crippen LogP) is 4.26. The van der Waals surface area contributed by atoms with E-state index < -0.39 is 0 Å². The molecule has 1 aliphatic heterocycles. The second-order valence-electron chi connectivity index (χ2n) is 9.34. The fourth-order valence-electron chi connectivity index (χ4n) is 4.56. The maximum atomic E-state index is 12.8. The summed E-state index contributed by atoms with van der Waals surface area (Å²) >= 11 is 0. The van der Waals surface area contributed by atoms with Crippen LogP contribution in [0, 0.1) is 17.2 Å². The average Bonchev–Trinajstić information content (AvgIpc) is 2.91. The summed E-state index contributed by atoms with van der Waals surface area (Å²) in [6, 6.07) is 14.2. The van der Waals surface area contributed by atoms with Gasteiger partial charge in [0.25, 0.3) is 5.91 Å². The van der Waals surface area contributed by atoms with Gasteiger partial charge in [-0.1, -0.05) is 24.8 Å². The number of nitrogens with zero attached hydrogens (tertiary/aromatic N) is 4. The van der Waals surface area contributed by atoms with Gasteiger partial charge in [0.2, 0.25) is 5.82 Å². The molecule has 0 saturated carbocycles. The summed E-state index contributed by atoms with van der Waals surface area (Å²) in [5.74, 6) is 1.02. The summed E-state index contributed by atoms with van der Waals surface area (Å²) < 4.78 is 5.55. The van der Waals surface area contributed by atoms with Crippen LogP contribution in [0.3, 0.4) is 0 Å². The van der Waals surface area contributed by atoms with E-state index in [0.717, 1.165) is 41.4 Å². The maximum absolute atomic E-state index is 12.8. The molecule has 1 amide bonds. The highest BCUT2D eigenvalue weighted by atomic mass is 16.5. The van der Waals surface area contributed by atoms with Crippen LogP contribution in [0.15, 0.2) is 54.7 Å². The van der Waals surface area contributed by atoms with Crippen molar-refractivity contribution in [3.63, 3.8) is 0 Å². The number of benzene rings is 2. The van der Waals surface area contributed by atoms with Crippen LogP contribution in [-0.2, 0) is 0 Å². The van der Waals surface area contributed by atoms with E-state index in [9.17, 15) is 4.79 Å². The molecule has 1 aliphatic rings. The molecule has 4 rings (SSSR count). The van der Waals surface area contributed by atoms with Crippen molar-refractivity contribution in [1.29, 1.82) is 5.26 Å². The number of nitriles is 1. The SMILES string of the molecule is C=C(C#N)CNc1c(OC)ccc2ccc(-c3ccnc(C(=O)NCC4CCN(C)[C@@H](C)C4)n3)cc12. The number of anilines is 1. The molecule has 36 heavy (non-hydrogen) atoms. The van der Waals surface area contributed by atoms with E-state index in [0.29, 0.717) is 42.1 Å². The Morgan fingerprint density at radius 1 is 1.31 bits per heavy atom. The highest BCUT2D eigenvalue weighted by Crippen LogP contribution is 2.35. The maximum Gasteiger partial charge on any atom is 0.289 e. The largest absolute Gasteiger partial charge is 0.495 e. The van der Waals surface area contributed by atoms with E-state index >= 15 is 0 Å². The molecule has 2 N–H and O–H groups in total. The van der Waals surface area contributed by atoms with E-state index in [1.165, 1.54) is 0 Å². The Hall–Kier alpha value is -3.96. The lowest BCUT2D eigenvalue weighted by atomic mass is 9.92. The molecule has 0 bridgehead atoms. The Kier molecular flexibility index (Phi) is 7.81. The average molecular weight is 485 g/mol. The van der Waals surface area contributed by atoms with Crippen molar-refractivity contribution in [2.24, 2.45) is 5.92 Å². The van der Waals surface area contributed by atoms with Gasteiger partial charge >= 0.3 is 0 Å². The topological polar surface area (TPSA) is 103 Å². The van der Waals surface area contributed by atoms with Gasteiger partial charge in [-0.25, -0.2) is 9.97 Å². The number of fused-ring (bicyclic) bond motifs is 1. The van der Waals surface area contributed by atoms with Gasteiger partial charge in [0.15, 0.2) is 0 Å². The minimum Gasteiger partial charge on any atom is -0.495 e. The summed E-state index contributed by atoms with van der Waals surface area (Å²) in [5, 5.41) is 17.3. The molecule has 1 saturated heterocycles. The van der Waals surface area contributed by atoms with Gasteiger partial charge in [0, 0.05) is 41.9 Å². The monoisotopic (exact) mass is 484 g/mol. The van der Waals surface area contributed by atoms with E-state index in [1.807, 2.05) is 30.3 Å². The minimum absolute atomic E-state index is 0.155. The molecule has 3 aromatic rings. The van der Waals surface area contributed by atoms with Gasteiger partial charge < -0.3 is 20.3 Å². The van der Waals surface area contributed by atoms with Gasteiger partial charge in [-0.2, -0.15) is 5.26 Å². The molecule has 8 heteroatoms. The molecule has 8 nitrogen and oxygen atoms in total. The number of hydrogen-bond acceptors (Lipinski definition) is 7. The molecular weight excluding hydrogens is 452 g/mol. The van der Waals surface area contributed by atoms with E-state index in [4.69, 9.17) is 10.00 Å². The van der Waals surface area contributed by atoms with Crippen LogP contribution in [0.25, 0.3) is 22.0 Å². The standard InChI is InChI=1S/C28H32N6O2/c1-18(15-29)16-31-26-23-14-22(6-5-21(23)7-8-25(26)36-4)24-9-11-30-27(33-24)28(35)32-17-20-10-12-34(3)19(2)13-20/h5-9,11,14,19-20,31H,1,10,12-13,16-17H2,2-4H3,(H,32,35)/t19-,20?/m0/s1. The smallest absolute Gasteiger partial charge is 0.289 e. The quantitative estimate of drug-likeness (QED) is 0.461. The van der Waals surface area contributed by atoms with E-state index in [2.05, 4.69) is 52.1 Å². The van der Waals surface area contributed by atoms with Crippen molar-refractivity contribution in [1.82, 2.24) is 20.2 Å². The molecule has 0 spiro atoms. The van der Waals surface area contributed by atoms with Crippen LogP contribution in [-0.4, -0.2) is 60.6 Å². The second-order valence-corrected chi connectivity index (χ2v) is 9.34. The van der Waals surface area contributed by atoms with Crippen LogP contribution in [0.2, 0.25) is 0 Å². The lowest BCUT2D eigenvalue weighted by molar-refractivity contribution is 0.0917. The zero-order valence-electron chi connectivity index (χ0n) is 21.0. The van der Waals surface area contributed by atoms with Gasteiger partial charge in [0.05, 0.1) is 24.6 Å². The minimum atomic E-state index is -0.261. The first-order chi connectivity index (χ1) is 17.4. The summed E-state index contributed by atoms with van der Waals surface area (Å²) in [6.07, 6.45) is 3.75. The number of amides is 1. The lowest BCUT2D eigenvalue weighted by Gasteiger charge is -2.35. The van der Waals surface area contributed by atoms with Crippen molar-refractivity contribution in [2.45, 2.75) is 25.8 Å². The summed E-state index contributed by atoms with van der Waals surface area (Å²) in [6.45, 7) is 7.95. The number of piperidine rings is 1. The molecular formula is C28H32N6O2. The van der Waals surface area contributed by atoms with Crippen molar-refractivity contribution in [2.75, 3.05) is 39.1 Å². The highest BCUT2D eigenvalue weighted by molar-refractivity contribution is 5.99. The number of ether oxygens (including phenoxy) is 1. The molecule has 1 unspecified atom stereocenters. The summed E-state index contributed by atoms with van der Waals surface area (Å²) in [4.78, 5) is 24.0. The van der Waals surface area contributed by atoms with Crippen molar-refractivity contribution >= 4 is 22.4 Å². The fourth-order valence-corrected chi connectivity index (χ4v) is 4.56. The number of carbonyl (C=O) groups excluding carboxylic acids is 1. The third kappa shape index (κ3) is 5.64. The van der Waals surface area contributed by atoms with Crippen LogP contribution in [0.4, 0.5) is 5.69 Å². The Morgan fingerprint density at radius 3 is 2.86 bits per heavy atom. The zero-order chi connectivity index (χ0) is 25.7. The Bertz CT molecular complexity index is 1320. The van der Waals surface area contributed by atoms with E-state index in [1.54, 1.807) is 19.4 Å². The van der Waals surface area contributed by atoms with Crippen LogP contribution >= 0.6 is 0 Å². The van der Waals surface area contributed by atoms with Crippen LogP contribution in [0.5, 0.6) is 5.75 Å². The molecule has 1 aromatic heterocycles. The number of methoxy groups -OCH3 is 1. The van der Waals surface area contributed by atoms with Crippen molar-refractivity contribution in [3.8, 4) is 23.1 Å². The number of aromatic nitrogens is 2. The van der Waals surface area contributed by atoms with Gasteiger partial charge in [-0.05, 0) is 62.9 Å². The van der Waals surface area contributed by atoms with Crippen molar-refractivity contribution in [3.05, 3.63) is 60.6 Å². The summed E-state index contributed by atoms with van der Waals surface area (Å²) in [5.41, 5.74) is 2.69. The molecule has 0 aliphatic carbocycles. The first-order valence-electron chi connectivity index (χ1n) is 12.1. The highest BCUT2D eigenvalue weighted by Gasteiger charge is 2.23. The molecule has 2 atom stereocenters.